The van der Waals surface area contributed by atoms with E-state index in [1.165, 1.54) is 0 Å². The Hall–Kier alpha value is -1.19. The molecule has 0 aliphatic heterocycles. The average Bonchev–Trinajstić information content (AvgIpc) is 1.65. The van der Waals surface area contributed by atoms with Gasteiger partial charge in [0.25, 0.3) is 0 Å². The Bertz CT molecular complexity index is 98.3. The maximum absolute atomic E-state index is 4.92. The first-order valence-electron chi connectivity index (χ1n) is 2.41. The van der Waals surface area contributed by atoms with E-state index in [4.69, 9.17) is 11.5 Å². The van der Waals surface area contributed by atoms with Crippen LogP contribution in [0, 0.1) is 0 Å². The van der Waals surface area contributed by atoms with E-state index >= 15 is 0 Å². The monoisotopic (exact) mass is 146 g/mol. The van der Waals surface area contributed by atoms with Crippen molar-refractivity contribution < 1.29 is 0 Å². The van der Waals surface area contributed by atoms with Gasteiger partial charge in [0.2, 0.25) is 0 Å². The van der Waals surface area contributed by atoms with Gasteiger partial charge in [-0.05, 0) is 19.5 Å². The zero-order valence-corrected chi connectivity index (χ0v) is 5.89. The SMILES string of the molecule is C.C=C(C)N.CC(N)=NN. The van der Waals surface area contributed by atoms with Crippen molar-refractivity contribution in [3.8, 4) is 0 Å². The molecule has 0 aromatic rings. The fraction of sp³-hybridized carbons (Fsp3) is 0.500. The number of hydrogen-bond donors (Lipinski definition) is 3. The molecule has 0 heterocycles. The van der Waals surface area contributed by atoms with Crippen LogP contribution in [-0.4, -0.2) is 5.84 Å². The summed E-state index contributed by atoms with van der Waals surface area (Å²) in [5.74, 6) is 5.04. The van der Waals surface area contributed by atoms with Crippen molar-refractivity contribution in [1.82, 2.24) is 0 Å². The number of nitrogens with zero attached hydrogens (tertiary/aromatic N) is 1. The van der Waals surface area contributed by atoms with Gasteiger partial charge in [0.05, 0.1) is 0 Å². The van der Waals surface area contributed by atoms with Crippen LogP contribution in [0.15, 0.2) is 17.4 Å². The first kappa shape index (κ1) is 15.9. The van der Waals surface area contributed by atoms with Gasteiger partial charge in [-0.3, -0.25) is 0 Å². The lowest BCUT2D eigenvalue weighted by molar-refractivity contribution is 1.22. The van der Waals surface area contributed by atoms with Crippen LogP contribution in [0.1, 0.15) is 21.3 Å². The van der Waals surface area contributed by atoms with Crippen LogP contribution in [0.25, 0.3) is 0 Å². The highest BCUT2D eigenvalue weighted by atomic mass is 15.1. The Balaban J connectivity index is -0.0000000910. The third-order valence-corrected chi connectivity index (χ3v) is 0.204. The molecule has 0 spiro atoms. The third kappa shape index (κ3) is 350. The van der Waals surface area contributed by atoms with E-state index in [1.54, 1.807) is 13.8 Å². The Morgan fingerprint density at radius 3 is 1.40 bits per heavy atom. The average molecular weight is 146 g/mol. The molecular formula is C6H18N4. The molecule has 0 aliphatic rings. The lowest BCUT2D eigenvalue weighted by Crippen LogP contribution is -2.07. The number of amidine groups is 1. The number of rotatable bonds is 0. The van der Waals surface area contributed by atoms with Crippen molar-refractivity contribution in [3.05, 3.63) is 12.3 Å². The summed E-state index contributed by atoms with van der Waals surface area (Å²) in [6.07, 6.45) is 0. The molecule has 62 valence electrons. The van der Waals surface area contributed by atoms with E-state index in [2.05, 4.69) is 17.5 Å². The fourth-order valence-electron chi connectivity index (χ4n) is 0. The maximum atomic E-state index is 4.92. The van der Waals surface area contributed by atoms with Crippen LogP contribution in [0.4, 0.5) is 0 Å². The summed E-state index contributed by atoms with van der Waals surface area (Å²) in [7, 11) is 0. The Kier molecular flexibility index (Phi) is 17.1. The molecule has 0 radical (unpaired) electrons. The number of allylic oxidation sites excluding steroid dienone is 1. The summed E-state index contributed by atoms with van der Waals surface area (Å²) in [5, 5.41) is 3.08. The highest BCUT2D eigenvalue weighted by Crippen LogP contribution is 1.58. The van der Waals surface area contributed by atoms with Crippen LogP contribution in [0.5, 0.6) is 0 Å². The van der Waals surface area contributed by atoms with E-state index in [0.29, 0.717) is 11.5 Å². The smallest absolute Gasteiger partial charge is 0.116 e. The first-order chi connectivity index (χ1) is 4.00. The lowest BCUT2D eigenvalue weighted by Gasteiger charge is -1.75. The van der Waals surface area contributed by atoms with Crippen molar-refractivity contribution >= 4 is 5.84 Å². The summed E-state index contributed by atoms with van der Waals surface area (Å²) in [6, 6.07) is 0. The van der Waals surface area contributed by atoms with Crippen molar-refractivity contribution in [2.24, 2.45) is 22.4 Å². The molecule has 0 unspecified atom stereocenters. The molecule has 0 bridgehead atoms. The van der Waals surface area contributed by atoms with E-state index in [1.807, 2.05) is 0 Å². The highest BCUT2D eigenvalue weighted by molar-refractivity contribution is 5.76. The first-order valence-corrected chi connectivity index (χ1v) is 2.41. The van der Waals surface area contributed by atoms with Crippen molar-refractivity contribution in [2.45, 2.75) is 21.3 Å². The predicted octanol–water partition coefficient (Wildman–Crippen LogP) is 0.352. The minimum Gasteiger partial charge on any atom is -0.403 e. The van der Waals surface area contributed by atoms with Crippen LogP contribution in [0.2, 0.25) is 0 Å². The molecule has 0 aromatic heterocycles. The molecule has 0 aliphatic carbocycles. The molecule has 0 aromatic carbocycles. The molecule has 0 saturated carbocycles. The zero-order chi connectivity index (χ0) is 7.86. The van der Waals surface area contributed by atoms with E-state index in [0.717, 1.165) is 0 Å². The Morgan fingerprint density at radius 1 is 1.30 bits per heavy atom. The topological polar surface area (TPSA) is 90.4 Å². The molecule has 0 amide bonds. The van der Waals surface area contributed by atoms with Gasteiger partial charge in [-0.15, -0.1) is 0 Å². The van der Waals surface area contributed by atoms with Gasteiger partial charge < -0.3 is 17.3 Å². The Morgan fingerprint density at radius 2 is 1.40 bits per heavy atom. The summed E-state index contributed by atoms with van der Waals surface area (Å²) in [5.41, 5.74) is 10.5. The number of hydrazone groups is 1. The highest BCUT2D eigenvalue weighted by Gasteiger charge is 1.62. The van der Waals surface area contributed by atoms with Crippen molar-refractivity contribution in [1.29, 1.82) is 0 Å². The van der Waals surface area contributed by atoms with Crippen LogP contribution in [-0.2, 0) is 0 Å². The predicted molar refractivity (Wildman–Crippen MR) is 47.2 cm³/mol. The summed E-state index contributed by atoms with van der Waals surface area (Å²) < 4.78 is 0. The van der Waals surface area contributed by atoms with Gasteiger partial charge in [0.1, 0.15) is 5.84 Å². The van der Waals surface area contributed by atoms with Gasteiger partial charge in [0.15, 0.2) is 0 Å². The third-order valence-electron chi connectivity index (χ3n) is 0.204. The van der Waals surface area contributed by atoms with Crippen LogP contribution in [0.3, 0.4) is 0 Å². The number of nitrogens with two attached hydrogens (primary N) is 3. The lowest BCUT2D eigenvalue weighted by atomic mass is 10.6. The molecule has 6 N–H and O–H groups in total. The normalized spacial score (nSPS) is 8.40. The second-order valence-electron chi connectivity index (χ2n) is 1.62. The fourth-order valence-corrected chi connectivity index (χ4v) is 0. The molecule has 0 saturated heterocycles. The van der Waals surface area contributed by atoms with Gasteiger partial charge in [0, 0.05) is 0 Å². The summed E-state index contributed by atoms with van der Waals surface area (Å²) >= 11 is 0. The van der Waals surface area contributed by atoms with Crippen molar-refractivity contribution in [2.75, 3.05) is 0 Å². The van der Waals surface area contributed by atoms with Gasteiger partial charge >= 0.3 is 0 Å². The van der Waals surface area contributed by atoms with E-state index < -0.39 is 0 Å². The van der Waals surface area contributed by atoms with Crippen molar-refractivity contribution in [3.63, 3.8) is 0 Å². The minimum absolute atomic E-state index is 0. The van der Waals surface area contributed by atoms with Crippen LogP contribution < -0.4 is 17.3 Å². The molecule has 0 fully saturated rings. The summed E-state index contributed by atoms with van der Waals surface area (Å²) in [4.78, 5) is 0. The second-order valence-corrected chi connectivity index (χ2v) is 1.62. The molecule has 4 heteroatoms. The quantitative estimate of drug-likeness (QED) is 0.199. The molecule has 4 nitrogen and oxygen atoms in total. The Labute approximate surface area is 62.8 Å². The minimum atomic E-state index is 0. The molecule has 10 heavy (non-hydrogen) atoms. The van der Waals surface area contributed by atoms with Crippen LogP contribution >= 0.6 is 0 Å². The second kappa shape index (κ2) is 10.7. The largest absolute Gasteiger partial charge is 0.403 e. The van der Waals surface area contributed by atoms with Gasteiger partial charge in [-0.2, -0.15) is 5.10 Å². The van der Waals surface area contributed by atoms with E-state index in [-0.39, 0.29) is 7.43 Å². The maximum Gasteiger partial charge on any atom is 0.116 e. The van der Waals surface area contributed by atoms with Gasteiger partial charge in [-0.25, -0.2) is 0 Å². The summed E-state index contributed by atoms with van der Waals surface area (Å²) in [6.45, 7) is 6.71. The molecule has 0 rings (SSSR count). The molecular weight excluding hydrogens is 128 g/mol. The van der Waals surface area contributed by atoms with E-state index in [9.17, 15) is 0 Å². The number of hydrogen-bond acceptors (Lipinski definition) is 3. The zero-order valence-electron chi connectivity index (χ0n) is 5.89. The molecule has 0 atom stereocenters. The van der Waals surface area contributed by atoms with Gasteiger partial charge in [-0.1, -0.05) is 14.0 Å². The standard InChI is InChI=1S/C3H7N.C2H7N3.CH4/c1-3(2)4;1-2(3)5-4;/h1,4H2,2H3;4H2,1H3,(H2,3,5);1H4.